The third-order valence-corrected chi connectivity index (χ3v) is 4.56. The van der Waals surface area contributed by atoms with Gasteiger partial charge in [0, 0.05) is 52.7 Å². The molecule has 2 N–H and O–H groups in total. The molecule has 120 valence electrons. The van der Waals surface area contributed by atoms with Gasteiger partial charge in [0.15, 0.2) is 11.6 Å². The monoisotopic (exact) mass is 315 g/mol. The first-order valence-corrected chi connectivity index (χ1v) is 8.77. The lowest BCUT2D eigenvalue weighted by molar-refractivity contribution is 0.418. The number of pyridine rings is 1. The molecule has 0 aliphatic rings. The number of halogens is 1. The van der Waals surface area contributed by atoms with Crippen LogP contribution in [0.3, 0.4) is 0 Å². The molecule has 0 radical (unpaired) electrons. The lowest BCUT2D eigenvalue weighted by Gasteiger charge is -2.21. The van der Waals surface area contributed by atoms with Crippen molar-refractivity contribution in [2.45, 2.75) is 51.4 Å². The average molecular weight is 315 g/mol. The summed E-state index contributed by atoms with van der Waals surface area (Å²) in [5.74, 6) is -0.0585. The number of hydrogen-bond acceptors (Lipinski definition) is 4. The zero-order chi connectivity index (χ0) is 16.0. The molecule has 0 aliphatic heterocycles. The molecular formula is C15H26FN3OS. The largest absolute Gasteiger partial charge is 0.368 e. The summed E-state index contributed by atoms with van der Waals surface area (Å²) in [6.45, 7) is 9.06. The van der Waals surface area contributed by atoms with Crippen LogP contribution in [0.1, 0.15) is 39.7 Å². The fourth-order valence-electron chi connectivity index (χ4n) is 1.66. The zero-order valence-electron chi connectivity index (χ0n) is 13.5. The van der Waals surface area contributed by atoms with Crippen LogP contribution in [-0.2, 0) is 17.3 Å². The summed E-state index contributed by atoms with van der Waals surface area (Å²) in [6, 6.07) is 1.68. The Balaban J connectivity index is 2.61. The van der Waals surface area contributed by atoms with Crippen LogP contribution < -0.4 is 10.6 Å². The van der Waals surface area contributed by atoms with Crippen molar-refractivity contribution in [3.8, 4) is 0 Å². The molecule has 2 atom stereocenters. The number of hydrogen-bond donors (Lipinski definition) is 2. The van der Waals surface area contributed by atoms with Gasteiger partial charge in [-0.05, 0) is 33.3 Å². The first-order chi connectivity index (χ1) is 9.70. The molecule has 6 heteroatoms. The fraction of sp³-hybridized carbons (Fsp3) is 0.667. The maximum absolute atomic E-state index is 14.3. The number of nitrogens with zero attached hydrogens (tertiary/aromatic N) is 1. The van der Waals surface area contributed by atoms with Gasteiger partial charge in [-0.25, -0.2) is 9.37 Å². The summed E-state index contributed by atoms with van der Waals surface area (Å²) in [6.07, 6.45) is 4.00. The molecule has 0 aliphatic carbocycles. The highest BCUT2D eigenvalue weighted by Gasteiger charge is 2.13. The third-order valence-electron chi connectivity index (χ3n) is 3.19. The number of aromatic nitrogens is 1. The van der Waals surface area contributed by atoms with E-state index in [0.29, 0.717) is 25.1 Å². The van der Waals surface area contributed by atoms with Crippen molar-refractivity contribution in [3.05, 3.63) is 23.6 Å². The second-order valence-corrected chi connectivity index (χ2v) is 8.06. The minimum Gasteiger partial charge on any atom is -0.368 e. The fourth-order valence-corrected chi connectivity index (χ4v) is 2.11. The molecule has 1 aromatic heterocycles. The molecule has 0 saturated heterocycles. The van der Waals surface area contributed by atoms with Crippen molar-refractivity contribution in [1.82, 2.24) is 10.3 Å². The van der Waals surface area contributed by atoms with E-state index in [1.54, 1.807) is 18.5 Å². The van der Waals surface area contributed by atoms with E-state index >= 15 is 0 Å². The van der Waals surface area contributed by atoms with Crippen molar-refractivity contribution in [2.24, 2.45) is 0 Å². The summed E-state index contributed by atoms with van der Waals surface area (Å²) < 4.78 is 25.6. The Hall–Kier alpha value is -1.01. The SMILES string of the molecule is CC(CCNc1nccc(CNC(C)(C)C)c1F)S(C)=O. The van der Waals surface area contributed by atoms with Crippen LogP contribution in [0, 0.1) is 5.82 Å². The highest BCUT2D eigenvalue weighted by Crippen LogP contribution is 2.16. The van der Waals surface area contributed by atoms with Gasteiger partial charge in [0.1, 0.15) is 0 Å². The Kier molecular flexibility index (Phi) is 6.74. The molecule has 0 aromatic carbocycles. The van der Waals surface area contributed by atoms with E-state index in [2.05, 4.69) is 15.6 Å². The van der Waals surface area contributed by atoms with Crippen LogP contribution in [0.15, 0.2) is 12.3 Å². The van der Waals surface area contributed by atoms with Crippen LogP contribution in [0.2, 0.25) is 0 Å². The van der Waals surface area contributed by atoms with E-state index < -0.39 is 10.8 Å². The topological polar surface area (TPSA) is 54.0 Å². The minimum absolute atomic E-state index is 0.0656. The molecule has 0 saturated carbocycles. The van der Waals surface area contributed by atoms with Crippen molar-refractivity contribution < 1.29 is 8.60 Å². The Morgan fingerprint density at radius 3 is 2.67 bits per heavy atom. The van der Waals surface area contributed by atoms with E-state index in [0.717, 1.165) is 0 Å². The molecule has 21 heavy (non-hydrogen) atoms. The number of rotatable bonds is 7. The van der Waals surface area contributed by atoms with Gasteiger partial charge in [-0.1, -0.05) is 6.92 Å². The highest BCUT2D eigenvalue weighted by atomic mass is 32.2. The van der Waals surface area contributed by atoms with Crippen LogP contribution >= 0.6 is 0 Å². The van der Waals surface area contributed by atoms with Crippen LogP contribution in [0.4, 0.5) is 10.2 Å². The smallest absolute Gasteiger partial charge is 0.169 e. The van der Waals surface area contributed by atoms with Crippen molar-refractivity contribution in [1.29, 1.82) is 0 Å². The van der Waals surface area contributed by atoms with Gasteiger partial charge in [0.25, 0.3) is 0 Å². The molecule has 0 fully saturated rings. The van der Waals surface area contributed by atoms with Gasteiger partial charge < -0.3 is 10.6 Å². The summed E-state index contributed by atoms with van der Waals surface area (Å²) >= 11 is 0. The Labute approximate surface area is 129 Å². The van der Waals surface area contributed by atoms with E-state index in [4.69, 9.17) is 0 Å². The van der Waals surface area contributed by atoms with E-state index in [9.17, 15) is 8.60 Å². The minimum atomic E-state index is -0.855. The number of nitrogens with one attached hydrogen (secondary N) is 2. The predicted molar refractivity (Wildman–Crippen MR) is 87.4 cm³/mol. The summed E-state index contributed by atoms with van der Waals surface area (Å²) in [7, 11) is -0.855. The van der Waals surface area contributed by atoms with E-state index in [-0.39, 0.29) is 22.4 Å². The van der Waals surface area contributed by atoms with Gasteiger partial charge in [0.05, 0.1) is 0 Å². The summed E-state index contributed by atoms with van der Waals surface area (Å²) in [4.78, 5) is 4.04. The maximum Gasteiger partial charge on any atom is 0.169 e. The van der Waals surface area contributed by atoms with E-state index in [1.165, 1.54) is 0 Å². The average Bonchev–Trinajstić information content (AvgIpc) is 2.38. The molecule has 0 bridgehead atoms. The Morgan fingerprint density at radius 2 is 2.10 bits per heavy atom. The van der Waals surface area contributed by atoms with Gasteiger partial charge in [-0.2, -0.15) is 0 Å². The first-order valence-electron chi connectivity index (χ1n) is 7.15. The van der Waals surface area contributed by atoms with Crippen LogP contribution in [0.25, 0.3) is 0 Å². The zero-order valence-corrected chi connectivity index (χ0v) is 14.3. The Morgan fingerprint density at radius 1 is 1.43 bits per heavy atom. The lowest BCUT2D eigenvalue weighted by Crippen LogP contribution is -2.35. The quantitative estimate of drug-likeness (QED) is 0.812. The molecule has 1 rings (SSSR count). The van der Waals surface area contributed by atoms with Crippen molar-refractivity contribution in [3.63, 3.8) is 0 Å². The van der Waals surface area contributed by atoms with Gasteiger partial charge >= 0.3 is 0 Å². The van der Waals surface area contributed by atoms with Crippen LogP contribution in [-0.4, -0.2) is 32.8 Å². The Bertz CT molecular complexity index is 488. The molecule has 4 nitrogen and oxygen atoms in total. The summed E-state index contributed by atoms with van der Waals surface area (Å²) in [5.41, 5.74) is 0.527. The standard InChI is InChI=1S/C15H26FN3OS/c1-11(21(5)20)6-8-17-14-13(16)12(7-9-18-14)10-19-15(2,3)4/h7,9,11,19H,6,8,10H2,1-5H3,(H,17,18). The molecule has 0 amide bonds. The molecular weight excluding hydrogens is 289 g/mol. The van der Waals surface area contributed by atoms with Gasteiger partial charge in [-0.15, -0.1) is 0 Å². The van der Waals surface area contributed by atoms with Crippen molar-refractivity contribution >= 4 is 16.6 Å². The van der Waals surface area contributed by atoms with Gasteiger partial charge in [0.2, 0.25) is 0 Å². The molecule has 0 spiro atoms. The van der Waals surface area contributed by atoms with Gasteiger partial charge in [-0.3, -0.25) is 4.21 Å². The van der Waals surface area contributed by atoms with Crippen molar-refractivity contribution in [2.75, 3.05) is 18.1 Å². The second-order valence-electron chi connectivity index (χ2n) is 6.26. The van der Waals surface area contributed by atoms with Crippen LogP contribution in [0.5, 0.6) is 0 Å². The molecule has 1 aromatic rings. The maximum atomic E-state index is 14.3. The second kappa shape index (κ2) is 7.84. The highest BCUT2D eigenvalue weighted by molar-refractivity contribution is 7.84. The third kappa shape index (κ3) is 6.52. The lowest BCUT2D eigenvalue weighted by atomic mass is 10.1. The predicted octanol–water partition coefficient (Wildman–Crippen LogP) is 2.68. The molecule has 2 unspecified atom stereocenters. The number of anilines is 1. The normalized spacial score (nSPS) is 14.8. The molecule has 1 heterocycles. The summed E-state index contributed by atoms with van der Waals surface area (Å²) in [5, 5.41) is 6.34. The first kappa shape index (κ1) is 18.0. The van der Waals surface area contributed by atoms with E-state index in [1.807, 2.05) is 27.7 Å².